The molecule has 0 saturated heterocycles. The number of carbonyl (C=O) groups is 2. The summed E-state index contributed by atoms with van der Waals surface area (Å²) in [5.41, 5.74) is 1.63. The molecule has 0 unspecified atom stereocenters. The van der Waals surface area contributed by atoms with Crippen molar-refractivity contribution in [3.05, 3.63) is 17.0 Å². The summed E-state index contributed by atoms with van der Waals surface area (Å²) in [6, 6.07) is 0. The fourth-order valence-corrected chi connectivity index (χ4v) is 3.96. The van der Waals surface area contributed by atoms with E-state index < -0.39 is 11.5 Å². The second-order valence-electron chi connectivity index (χ2n) is 8.19. The Labute approximate surface area is 156 Å². The van der Waals surface area contributed by atoms with E-state index in [4.69, 9.17) is 0 Å². The number of aromatic nitrogens is 2. The summed E-state index contributed by atoms with van der Waals surface area (Å²) < 4.78 is 1.95. The molecule has 6 nitrogen and oxygen atoms in total. The van der Waals surface area contributed by atoms with E-state index in [0.717, 1.165) is 42.8 Å². The average Bonchev–Trinajstić information content (AvgIpc) is 2.82. The highest BCUT2D eigenvalue weighted by atomic mass is 16.4. The van der Waals surface area contributed by atoms with Gasteiger partial charge in [0, 0.05) is 17.8 Å². The number of carboxylic acid groups (broad SMARTS) is 1. The first kappa shape index (κ1) is 20.5. The molecule has 1 aromatic heterocycles. The summed E-state index contributed by atoms with van der Waals surface area (Å²) in [4.78, 5) is 24.6. The molecule has 2 rings (SSSR count). The molecular formula is C20H33N3O3. The summed E-state index contributed by atoms with van der Waals surface area (Å²) in [7, 11) is 0. The van der Waals surface area contributed by atoms with E-state index in [9.17, 15) is 14.7 Å². The molecule has 0 bridgehead atoms. The van der Waals surface area contributed by atoms with Crippen LogP contribution in [-0.4, -0.2) is 32.3 Å². The van der Waals surface area contributed by atoms with Crippen LogP contribution < -0.4 is 5.32 Å². The van der Waals surface area contributed by atoms with Crippen molar-refractivity contribution in [1.82, 2.24) is 15.1 Å². The Bertz CT molecular complexity index is 656. The number of rotatable bonds is 7. The van der Waals surface area contributed by atoms with Crippen molar-refractivity contribution in [2.75, 3.05) is 0 Å². The lowest BCUT2D eigenvalue weighted by Gasteiger charge is -2.37. The van der Waals surface area contributed by atoms with Gasteiger partial charge in [0.25, 0.3) is 0 Å². The van der Waals surface area contributed by atoms with Crippen molar-refractivity contribution in [2.24, 2.45) is 11.8 Å². The lowest BCUT2D eigenvalue weighted by atomic mass is 9.75. The van der Waals surface area contributed by atoms with Gasteiger partial charge in [-0.15, -0.1) is 0 Å². The summed E-state index contributed by atoms with van der Waals surface area (Å²) in [6.07, 6.45) is 3.98. The molecule has 1 aliphatic rings. The standard InChI is InChI=1S/C20H33N3O3/c1-6-16-7-9-20(10-8-16,19(25)26)21-18(24)11-17-14(4)22-23(15(17)5)12-13(2)3/h13,16H,6-12H2,1-5H3,(H,21,24)(H,25,26). The van der Waals surface area contributed by atoms with Crippen LogP contribution in [0.1, 0.15) is 69.8 Å². The number of aliphatic carboxylic acids is 1. The van der Waals surface area contributed by atoms with Crippen LogP contribution in [0.4, 0.5) is 0 Å². The Morgan fingerprint density at radius 2 is 1.92 bits per heavy atom. The largest absolute Gasteiger partial charge is 0.480 e. The number of nitrogens with one attached hydrogen (secondary N) is 1. The van der Waals surface area contributed by atoms with E-state index in [1.165, 1.54) is 0 Å². The molecule has 1 amide bonds. The second-order valence-corrected chi connectivity index (χ2v) is 8.19. The molecule has 2 N–H and O–H groups in total. The van der Waals surface area contributed by atoms with Crippen LogP contribution in [0.25, 0.3) is 0 Å². The molecule has 0 aliphatic heterocycles. The predicted molar refractivity (Wildman–Crippen MR) is 101 cm³/mol. The number of hydrogen-bond acceptors (Lipinski definition) is 3. The molecule has 0 radical (unpaired) electrons. The van der Waals surface area contributed by atoms with Crippen LogP contribution in [0.3, 0.4) is 0 Å². The quantitative estimate of drug-likeness (QED) is 0.779. The van der Waals surface area contributed by atoms with Crippen molar-refractivity contribution in [2.45, 2.75) is 85.2 Å². The molecule has 6 heteroatoms. The second kappa shape index (κ2) is 8.23. The maximum absolute atomic E-state index is 12.7. The summed E-state index contributed by atoms with van der Waals surface area (Å²) in [5.74, 6) is -0.0983. The lowest BCUT2D eigenvalue weighted by molar-refractivity contribution is -0.149. The summed E-state index contributed by atoms with van der Waals surface area (Å²) in [5, 5.41) is 17.1. The highest BCUT2D eigenvalue weighted by molar-refractivity contribution is 5.88. The molecular weight excluding hydrogens is 330 g/mol. The molecule has 1 fully saturated rings. The first-order valence-corrected chi connectivity index (χ1v) is 9.75. The third-order valence-corrected chi connectivity index (χ3v) is 5.73. The molecule has 26 heavy (non-hydrogen) atoms. The van der Waals surface area contributed by atoms with E-state index >= 15 is 0 Å². The van der Waals surface area contributed by atoms with Gasteiger partial charge in [0.05, 0.1) is 12.1 Å². The third-order valence-electron chi connectivity index (χ3n) is 5.73. The van der Waals surface area contributed by atoms with E-state index in [1.54, 1.807) is 0 Å². The van der Waals surface area contributed by atoms with Gasteiger partial charge in [-0.1, -0.05) is 27.2 Å². The molecule has 1 saturated carbocycles. The van der Waals surface area contributed by atoms with Crippen molar-refractivity contribution in [3.63, 3.8) is 0 Å². The van der Waals surface area contributed by atoms with Gasteiger partial charge in [0.1, 0.15) is 5.54 Å². The zero-order valence-corrected chi connectivity index (χ0v) is 16.8. The highest BCUT2D eigenvalue weighted by Crippen LogP contribution is 2.34. The minimum Gasteiger partial charge on any atom is -0.480 e. The molecule has 0 atom stereocenters. The van der Waals surface area contributed by atoms with Gasteiger partial charge in [0.15, 0.2) is 0 Å². The Hall–Kier alpha value is -1.85. The fraction of sp³-hybridized carbons (Fsp3) is 0.750. The van der Waals surface area contributed by atoms with Crippen LogP contribution in [0.5, 0.6) is 0 Å². The molecule has 1 heterocycles. The first-order valence-electron chi connectivity index (χ1n) is 9.75. The molecule has 1 aliphatic carbocycles. The van der Waals surface area contributed by atoms with Crippen LogP contribution in [0.2, 0.25) is 0 Å². The van der Waals surface area contributed by atoms with Crippen molar-refractivity contribution in [3.8, 4) is 0 Å². The smallest absolute Gasteiger partial charge is 0.329 e. The normalized spacial score (nSPS) is 23.2. The average molecular weight is 364 g/mol. The molecule has 146 valence electrons. The van der Waals surface area contributed by atoms with Crippen LogP contribution in [-0.2, 0) is 22.6 Å². The maximum atomic E-state index is 12.7. The minimum absolute atomic E-state index is 0.183. The molecule has 0 aromatic carbocycles. The fourth-order valence-electron chi connectivity index (χ4n) is 3.96. The van der Waals surface area contributed by atoms with Crippen LogP contribution in [0, 0.1) is 25.7 Å². The summed E-state index contributed by atoms with van der Waals surface area (Å²) >= 11 is 0. The van der Waals surface area contributed by atoms with Crippen LogP contribution >= 0.6 is 0 Å². The van der Waals surface area contributed by atoms with Gasteiger partial charge in [-0.05, 0) is 51.4 Å². The van der Waals surface area contributed by atoms with Gasteiger partial charge in [-0.3, -0.25) is 9.48 Å². The van der Waals surface area contributed by atoms with E-state index in [2.05, 4.69) is 31.2 Å². The zero-order chi connectivity index (χ0) is 19.5. The topological polar surface area (TPSA) is 84.2 Å². The van der Waals surface area contributed by atoms with Gasteiger partial charge in [0.2, 0.25) is 5.91 Å². The van der Waals surface area contributed by atoms with E-state index in [0.29, 0.717) is 24.7 Å². The third kappa shape index (κ3) is 4.46. The van der Waals surface area contributed by atoms with Crippen molar-refractivity contribution < 1.29 is 14.7 Å². The van der Waals surface area contributed by atoms with Gasteiger partial charge >= 0.3 is 5.97 Å². The molecule has 1 aromatic rings. The van der Waals surface area contributed by atoms with Gasteiger partial charge in [-0.2, -0.15) is 5.10 Å². The van der Waals surface area contributed by atoms with Crippen molar-refractivity contribution >= 4 is 11.9 Å². The number of hydrogen-bond donors (Lipinski definition) is 2. The number of carbonyl (C=O) groups excluding carboxylic acids is 1. The lowest BCUT2D eigenvalue weighted by Crippen LogP contribution is -2.56. The van der Waals surface area contributed by atoms with Crippen LogP contribution in [0.15, 0.2) is 0 Å². The number of carboxylic acids is 1. The number of nitrogens with zero attached hydrogens (tertiary/aromatic N) is 2. The Kier molecular flexibility index (Phi) is 6.48. The molecule has 0 spiro atoms. The monoisotopic (exact) mass is 363 g/mol. The number of aryl methyl sites for hydroxylation is 1. The Balaban J connectivity index is 2.10. The highest BCUT2D eigenvalue weighted by Gasteiger charge is 2.42. The minimum atomic E-state index is -1.11. The van der Waals surface area contributed by atoms with Gasteiger partial charge < -0.3 is 10.4 Å². The Morgan fingerprint density at radius 1 is 1.31 bits per heavy atom. The predicted octanol–water partition coefficient (Wildman–Crippen LogP) is 3.24. The first-order chi connectivity index (χ1) is 12.2. The van der Waals surface area contributed by atoms with Crippen molar-refractivity contribution in [1.29, 1.82) is 0 Å². The van der Waals surface area contributed by atoms with E-state index in [-0.39, 0.29) is 12.3 Å². The zero-order valence-electron chi connectivity index (χ0n) is 16.8. The SMILES string of the molecule is CCC1CCC(NC(=O)Cc2c(C)nn(CC(C)C)c2C)(C(=O)O)CC1. The maximum Gasteiger partial charge on any atom is 0.329 e. The number of amides is 1. The summed E-state index contributed by atoms with van der Waals surface area (Å²) in [6.45, 7) is 11.1. The van der Waals surface area contributed by atoms with Gasteiger partial charge in [-0.25, -0.2) is 4.79 Å². The van der Waals surface area contributed by atoms with E-state index in [1.807, 2.05) is 18.5 Å². The Morgan fingerprint density at radius 3 is 2.42 bits per heavy atom.